The Kier molecular flexibility index (Phi) is 6.04. The number of imide groups is 1. The van der Waals surface area contributed by atoms with E-state index in [1.807, 2.05) is 0 Å². The fourth-order valence-electron chi connectivity index (χ4n) is 2.90. The van der Waals surface area contributed by atoms with Gasteiger partial charge in [-0.05, 0) is 38.5 Å². The lowest BCUT2D eigenvalue weighted by Crippen LogP contribution is -2.32. The molecule has 0 bridgehead atoms. The second-order valence-corrected chi connectivity index (χ2v) is 8.62. The first-order valence-corrected chi connectivity index (χ1v) is 10.4. The van der Waals surface area contributed by atoms with Gasteiger partial charge in [0.15, 0.2) is 0 Å². The van der Waals surface area contributed by atoms with Crippen molar-refractivity contribution in [3.63, 3.8) is 0 Å². The molecule has 1 fully saturated rings. The molecular formula is C19H18N2O6S2. The van der Waals surface area contributed by atoms with Crippen LogP contribution in [0.4, 0.5) is 5.00 Å². The molecule has 8 nitrogen and oxygen atoms in total. The number of carbonyl (C=O) groups excluding carboxylic acids is 3. The molecule has 152 valence electrons. The Labute approximate surface area is 174 Å². The number of pyridine rings is 1. The third kappa shape index (κ3) is 3.90. The number of rotatable bonds is 6. The van der Waals surface area contributed by atoms with Crippen molar-refractivity contribution in [2.24, 2.45) is 0 Å². The molecule has 1 N–H and O–H groups in total. The Hall–Kier alpha value is -2.72. The summed E-state index contributed by atoms with van der Waals surface area (Å²) < 4.78 is 5.10. The number of carboxylic acids is 1. The van der Waals surface area contributed by atoms with E-state index < -0.39 is 29.0 Å². The fraction of sp³-hybridized carbons (Fsp3) is 0.316. The predicted molar refractivity (Wildman–Crippen MR) is 108 cm³/mol. The summed E-state index contributed by atoms with van der Waals surface area (Å²) in [6.45, 7) is 5.39. The molecule has 1 aliphatic rings. The van der Waals surface area contributed by atoms with Crippen molar-refractivity contribution in [2.75, 3.05) is 11.5 Å². The summed E-state index contributed by atoms with van der Waals surface area (Å²) in [4.78, 5) is 55.3. The Morgan fingerprint density at radius 2 is 2.10 bits per heavy atom. The fourth-order valence-corrected chi connectivity index (χ4v) is 5.17. The van der Waals surface area contributed by atoms with Gasteiger partial charge >= 0.3 is 11.9 Å². The third-order valence-corrected chi connectivity index (χ3v) is 6.80. The first-order valence-electron chi connectivity index (χ1n) is 8.75. The average Bonchev–Trinajstić information content (AvgIpc) is 3.10. The number of anilines is 1. The van der Waals surface area contributed by atoms with Crippen molar-refractivity contribution < 1.29 is 29.0 Å². The van der Waals surface area contributed by atoms with Crippen LogP contribution in [-0.4, -0.2) is 45.7 Å². The van der Waals surface area contributed by atoms with Crippen LogP contribution in [0.25, 0.3) is 0 Å². The number of esters is 1. The molecule has 0 aromatic carbocycles. The number of amides is 2. The minimum Gasteiger partial charge on any atom is -0.478 e. The molecule has 10 heteroatoms. The Morgan fingerprint density at radius 3 is 2.76 bits per heavy atom. The van der Waals surface area contributed by atoms with Crippen LogP contribution in [0.3, 0.4) is 0 Å². The first-order chi connectivity index (χ1) is 13.8. The Balaban J connectivity index is 1.94. The van der Waals surface area contributed by atoms with Crippen LogP contribution >= 0.6 is 23.1 Å². The van der Waals surface area contributed by atoms with Crippen LogP contribution in [-0.2, 0) is 14.3 Å². The third-order valence-electron chi connectivity index (χ3n) is 4.41. The smallest absolute Gasteiger partial charge is 0.341 e. The molecular weight excluding hydrogens is 416 g/mol. The Morgan fingerprint density at radius 1 is 1.38 bits per heavy atom. The monoisotopic (exact) mass is 434 g/mol. The molecule has 1 unspecified atom stereocenters. The minimum atomic E-state index is -1.16. The van der Waals surface area contributed by atoms with Crippen LogP contribution in [0.15, 0.2) is 23.4 Å². The number of carboxylic acid groups (broad SMARTS) is 1. The van der Waals surface area contributed by atoms with Gasteiger partial charge in [-0.15, -0.1) is 11.3 Å². The van der Waals surface area contributed by atoms with E-state index in [9.17, 15) is 24.3 Å². The van der Waals surface area contributed by atoms with Crippen molar-refractivity contribution >= 4 is 51.9 Å². The lowest BCUT2D eigenvalue weighted by atomic mass is 10.1. The van der Waals surface area contributed by atoms with E-state index in [2.05, 4.69) is 4.98 Å². The number of aromatic carboxylic acids is 1. The largest absolute Gasteiger partial charge is 0.478 e. The van der Waals surface area contributed by atoms with E-state index in [4.69, 9.17) is 4.74 Å². The van der Waals surface area contributed by atoms with E-state index in [-0.39, 0.29) is 34.2 Å². The van der Waals surface area contributed by atoms with E-state index in [1.165, 1.54) is 29.7 Å². The Bertz CT molecular complexity index is 1020. The molecule has 1 atom stereocenters. The van der Waals surface area contributed by atoms with E-state index in [0.717, 1.165) is 21.5 Å². The van der Waals surface area contributed by atoms with Crippen LogP contribution in [0.1, 0.15) is 44.5 Å². The number of thioether (sulfide) groups is 1. The maximum Gasteiger partial charge on any atom is 0.341 e. The maximum atomic E-state index is 13.0. The first kappa shape index (κ1) is 21.0. The van der Waals surface area contributed by atoms with Crippen LogP contribution in [0.2, 0.25) is 0 Å². The standard InChI is InChI=1S/C19H18N2O6S2/c1-4-27-19(26)14-9(2)10(3)28-17(14)21-13(22)8-12(16(21)23)29-15-11(18(24)25)6-5-7-20-15/h5-7,12H,4,8H2,1-3H3,(H,24,25). The van der Waals surface area contributed by atoms with Gasteiger partial charge in [-0.3, -0.25) is 9.59 Å². The van der Waals surface area contributed by atoms with E-state index in [0.29, 0.717) is 5.56 Å². The van der Waals surface area contributed by atoms with Gasteiger partial charge in [0.05, 0.1) is 23.0 Å². The zero-order chi connectivity index (χ0) is 21.3. The molecule has 29 heavy (non-hydrogen) atoms. The summed E-state index contributed by atoms with van der Waals surface area (Å²) in [5.74, 6) is -2.71. The highest BCUT2D eigenvalue weighted by atomic mass is 32.2. The van der Waals surface area contributed by atoms with Gasteiger partial charge in [0.25, 0.3) is 0 Å². The van der Waals surface area contributed by atoms with Crippen molar-refractivity contribution in [2.45, 2.75) is 37.5 Å². The highest BCUT2D eigenvalue weighted by molar-refractivity contribution is 8.00. The second kappa shape index (κ2) is 8.34. The number of hydrogen-bond acceptors (Lipinski definition) is 8. The zero-order valence-corrected chi connectivity index (χ0v) is 17.6. The number of ether oxygens (including phenoxy) is 1. The number of nitrogens with zero attached hydrogens (tertiary/aromatic N) is 2. The molecule has 2 aromatic heterocycles. The van der Waals surface area contributed by atoms with Gasteiger partial charge in [0.2, 0.25) is 11.8 Å². The SMILES string of the molecule is CCOC(=O)c1c(N2C(=O)CC(Sc3ncccc3C(=O)O)C2=O)sc(C)c1C. The lowest BCUT2D eigenvalue weighted by Gasteiger charge is -2.15. The van der Waals surface area contributed by atoms with Crippen LogP contribution in [0.5, 0.6) is 0 Å². The summed E-state index contributed by atoms with van der Waals surface area (Å²) in [7, 11) is 0. The average molecular weight is 434 g/mol. The van der Waals surface area contributed by atoms with Crippen molar-refractivity contribution in [1.82, 2.24) is 4.98 Å². The molecule has 0 saturated carbocycles. The number of carbonyl (C=O) groups is 4. The molecule has 3 heterocycles. The summed E-state index contributed by atoms with van der Waals surface area (Å²) in [5, 5.41) is 8.89. The molecule has 0 aliphatic carbocycles. The zero-order valence-electron chi connectivity index (χ0n) is 15.9. The minimum absolute atomic E-state index is 0.0359. The van der Waals surface area contributed by atoms with Gasteiger partial charge in [-0.25, -0.2) is 19.5 Å². The summed E-state index contributed by atoms with van der Waals surface area (Å²) in [6.07, 6.45) is 1.32. The molecule has 2 aromatic rings. The molecule has 0 radical (unpaired) electrons. The number of thiophene rings is 1. The molecule has 1 saturated heterocycles. The van der Waals surface area contributed by atoms with Gasteiger partial charge in [-0.2, -0.15) is 0 Å². The predicted octanol–water partition coefficient (Wildman–Crippen LogP) is 3.06. The number of aromatic nitrogens is 1. The highest BCUT2D eigenvalue weighted by Gasteiger charge is 2.43. The van der Waals surface area contributed by atoms with Gasteiger partial charge in [0, 0.05) is 17.5 Å². The van der Waals surface area contributed by atoms with Crippen molar-refractivity contribution in [3.05, 3.63) is 39.9 Å². The molecule has 3 rings (SSSR count). The molecule has 0 spiro atoms. The summed E-state index contributed by atoms with van der Waals surface area (Å²) in [6, 6.07) is 2.88. The summed E-state index contributed by atoms with van der Waals surface area (Å²) >= 11 is 2.12. The quantitative estimate of drug-likeness (QED) is 0.545. The number of hydrogen-bond donors (Lipinski definition) is 1. The maximum absolute atomic E-state index is 13.0. The van der Waals surface area contributed by atoms with E-state index in [1.54, 1.807) is 20.8 Å². The van der Waals surface area contributed by atoms with Crippen LogP contribution < -0.4 is 4.90 Å². The molecule has 2 amide bonds. The van der Waals surface area contributed by atoms with E-state index >= 15 is 0 Å². The highest BCUT2D eigenvalue weighted by Crippen LogP contribution is 2.41. The normalized spacial score (nSPS) is 16.4. The van der Waals surface area contributed by atoms with Crippen molar-refractivity contribution in [1.29, 1.82) is 0 Å². The van der Waals surface area contributed by atoms with Gasteiger partial charge in [-0.1, -0.05) is 11.8 Å². The number of aryl methyl sites for hydroxylation is 1. The molecule has 1 aliphatic heterocycles. The van der Waals surface area contributed by atoms with Gasteiger partial charge in [0.1, 0.15) is 10.0 Å². The topological polar surface area (TPSA) is 114 Å². The van der Waals surface area contributed by atoms with Crippen LogP contribution in [0, 0.1) is 13.8 Å². The second-order valence-electron chi connectivity index (χ2n) is 6.22. The summed E-state index contributed by atoms with van der Waals surface area (Å²) in [5.41, 5.74) is 0.843. The van der Waals surface area contributed by atoms with Gasteiger partial charge < -0.3 is 9.84 Å². The lowest BCUT2D eigenvalue weighted by molar-refractivity contribution is -0.121. The van der Waals surface area contributed by atoms with Crippen molar-refractivity contribution in [3.8, 4) is 0 Å².